The highest BCUT2D eigenvalue weighted by Crippen LogP contribution is 2.03. The molecule has 2 amide bonds. The lowest BCUT2D eigenvalue weighted by Gasteiger charge is -2.10. The minimum atomic E-state index is -0.134. The summed E-state index contributed by atoms with van der Waals surface area (Å²) in [4.78, 5) is 10.6. The van der Waals surface area contributed by atoms with Crippen molar-refractivity contribution in [1.29, 1.82) is 0 Å². The van der Waals surface area contributed by atoms with Crippen molar-refractivity contribution >= 4 is 6.03 Å². The van der Waals surface area contributed by atoms with Crippen LogP contribution in [0.25, 0.3) is 0 Å². The Morgan fingerprint density at radius 3 is 2.70 bits per heavy atom. The van der Waals surface area contributed by atoms with Gasteiger partial charge >= 0.3 is 6.03 Å². The van der Waals surface area contributed by atoms with E-state index < -0.39 is 0 Å². The Kier molecular flexibility index (Phi) is 2.11. The number of urea groups is 1. The Hall–Kier alpha value is -0.770. The average Bonchev–Trinajstić information content (AvgIpc) is 2.13. The van der Waals surface area contributed by atoms with Crippen molar-refractivity contribution in [3.05, 3.63) is 0 Å². The molecule has 0 radical (unpaired) electrons. The Bertz CT molecular complexity index is 135. The first kappa shape index (κ1) is 7.34. The lowest BCUT2D eigenvalue weighted by molar-refractivity contribution is 0.246. The van der Waals surface area contributed by atoms with Gasteiger partial charge in [0.25, 0.3) is 0 Å². The number of rotatable bonds is 2. The fourth-order valence-corrected chi connectivity index (χ4v) is 0.972. The number of nitrogens with one attached hydrogen (secondary N) is 3. The highest BCUT2D eigenvalue weighted by molar-refractivity contribution is 5.75. The minimum Gasteiger partial charge on any atom is -0.320 e. The van der Waals surface area contributed by atoms with Crippen LogP contribution in [0.4, 0.5) is 4.79 Å². The van der Waals surface area contributed by atoms with Crippen molar-refractivity contribution in [3.8, 4) is 0 Å². The molecule has 1 rings (SSSR count). The van der Waals surface area contributed by atoms with Crippen LogP contribution in [0, 0.1) is 5.92 Å². The smallest absolute Gasteiger partial charge is 0.320 e. The molecule has 1 unspecified atom stereocenters. The zero-order valence-electron chi connectivity index (χ0n) is 6.27. The monoisotopic (exact) mass is 143 g/mol. The third kappa shape index (κ3) is 1.88. The number of hydrazine groups is 1. The zero-order valence-corrected chi connectivity index (χ0v) is 6.27. The van der Waals surface area contributed by atoms with Gasteiger partial charge in [-0.1, -0.05) is 13.8 Å². The lowest BCUT2D eigenvalue weighted by atomic mass is 10.1. The van der Waals surface area contributed by atoms with Crippen LogP contribution >= 0.6 is 0 Å². The van der Waals surface area contributed by atoms with Gasteiger partial charge in [0.1, 0.15) is 0 Å². The van der Waals surface area contributed by atoms with Gasteiger partial charge in [0.2, 0.25) is 0 Å². The van der Waals surface area contributed by atoms with E-state index in [9.17, 15) is 4.79 Å². The molecular weight excluding hydrogens is 130 g/mol. The number of hydrogen-bond donors (Lipinski definition) is 3. The molecular formula is C6H13N3O. The van der Waals surface area contributed by atoms with Gasteiger partial charge in [-0.3, -0.25) is 5.43 Å². The van der Waals surface area contributed by atoms with Crippen LogP contribution in [0.3, 0.4) is 0 Å². The van der Waals surface area contributed by atoms with Crippen molar-refractivity contribution in [2.75, 3.05) is 0 Å². The number of carbonyl (C=O) groups excluding carboxylic acids is 1. The molecule has 0 aliphatic carbocycles. The minimum absolute atomic E-state index is 0.104. The number of hydrogen-bond acceptors (Lipinski definition) is 2. The molecule has 1 aliphatic rings. The van der Waals surface area contributed by atoms with Gasteiger partial charge in [0.15, 0.2) is 0 Å². The average molecular weight is 143 g/mol. The Balaban J connectivity index is 2.24. The molecule has 0 spiro atoms. The standard InChI is InChI=1S/C6H13N3O/c1-4(2)3-5-7-6(10)9-8-5/h4-5,8H,3H2,1-2H3,(H2,7,9,10). The van der Waals surface area contributed by atoms with Crippen LogP contribution in [0.1, 0.15) is 20.3 Å². The SMILES string of the molecule is CC(C)CC1NNC(=O)N1. The molecule has 3 N–H and O–H groups in total. The van der Waals surface area contributed by atoms with Gasteiger partial charge < -0.3 is 5.32 Å². The molecule has 0 aromatic rings. The molecule has 1 atom stereocenters. The Morgan fingerprint density at radius 2 is 2.30 bits per heavy atom. The summed E-state index contributed by atoms with van der Waals surface area (Å²) in [6, 6.07) is -0.134. The molecule has 1 heterocycles. The maximum absolute atomic E-state index is 10.6. The quantitative estimate of drug-likeness (QED) is 0.516. The molecule has 4 heteroatoms. The van der Waals surface area contributed by atoms with Crippen molar-refractivity contribution in [1.82, 2.24) is 16.2 Å². The van der Waals surface area contributed by atoms with E-state index in [1.165, 1.54) is 0 Å². The molecule has 10 heavy (non-hydrogen) atoms. The second-order valence-electron chi connectivity index (χ2n) is 2.92. The van der Waals surface area contributed by atoms with E-state index in [0.717, 1.165) is 6.42 Å². The lowest BCUT2D eigenvalue weighted by Crippen LogP contribution is -2.34. The van der Waals surface area contributed by atoms with Gasteiger partial charge in [-0.25, -0.2) is 10.2 Å². The summed E-state index contributed by atoms with van der Waals surface area (Å²) in [5, 5.41) is 2.72. The molecule has 0 aromatic carbocycles. The normalized spacial score (nSPS) is 24.7. The van der Waals surface area contributed by atoms with Crippen LogP contribution < -0.4 is 16.2 Å². The van der Waals surface area contributed by atoms with Gasteiger partial charge in [-0.15, -0.1) is 0 Å². The molecule has 1 saturated heterocycles. The van der Waals surface area contributed by atoms with E-state index in [4.69, 9.17) is 0 Å². The molecule has 1 fully saturated rings. The van der Waals surface area contributed by atoms with Crippen molar-refractivity contribution in [2.24, 2.45) is 5.92 Å². The molecule has 58 valence electrons. The first-order valence-electron chi connectivity index (χ1n) is 3.50. The van der Waals surface area contributed by atoms with E-state index in [1.807, 2.05) is 0 Å². The third-order valence-electron chi connectivity index (χ3n) is 1.37. The van der Waals surface area contributed by atoms with Gasteiger partial charge in [0, 0.05) is 0 Å². The van der Waals surface area contributed by atoms with Gasteiger partial charge in [0.05, 0.1) is 6.17 Å². The molecule has 1 aliphatic heterocycles. The predicted octanol–water partition coefficient (Wildman–Crippen LogP) is 0.176. The van der Waals surface area contributed by atoms with Gasteiger partial charge in [-0.05, 0) is 12.3 Å². The van der Waals surface area contributed by atoms with Crippen LogP contribution in [0.15, 0.2) is 0 Å². The maximum Gasteiger partial charge on any atom is 0.330 e. The number of carbonyl (C=O) groups is 1. The predicted molar refractivity (Wildman–Crippen MR) is 38.0 cm³/mol. The van der Waals surface area contributed by atoms with Crippen LogP contribution in [0.2, 0.25) is 0 Å². The molecule has 0 saturated carbocycles. The first-order chi connectivity index (χ1) is 4.68. The second kappa shape index (κ2) is 2.88. The van der Waals surface area contributed by atoms with Crippen molar-refractivity contribution in [3.63, 3.8) is 0 Å². The zero-order chi connectivity index (χ0) is 7.56. The summed E-state index contributed by atoms with van der Waals surface area (Å²) in [7, 11) is 0. The third-order valence-corrected chi connectivity index (χ3v) is 1.37. The summed E-state index contributed by atoms with van der Waals surface area (Å²) < 4.78 is 0. The summed E-state index contributed by atoms with van der Waals surface area (Å²) in [5.41, 5.74) is 5.30. The molecule has 4 nitrogen and oxygen atoms in total. The van der Waals surface area contributed by atoms with E-state index in [2.05, 4.69) is 30.0 Å². The first-order valence-corrected chi connectivity index (χ1v) is 3.50. The topological polar surface area (TPSA) is 53.2 Å². The van der Waals surface area contributed by atoms with E-state index in [1.54, 1.807) is 0 Å². The summed E-state index contributed by atoms with van der Waals surface area (Å²) in [6.45, 7) is 4.23. The van der Waals surface area contributed by atoms with E-state index in [0.29, 0.717) is 5.92 Å². The van der Waals surface area contributed by atoms with E-state index in [-0.39, 0.29) is 12.2 Å². The summed E-state index contributed by atoms with van der Waals surface area (Å²) in [6.07, 6.45) is 1.06. The second-order valence-corrected chi connectivity index (χ2v) is 2.92. The van der Waals surface area contributed by atoms with Gasteiger partial charge in [-0.2, -0.15) is 0 Å². The van der Waals surface area contributed by atoms with Crippen LogP contribution in [0.5, 0.6) is 0 Å². The molecule has 0 aromatic heterocycles. The Labute approximate surface area is 60.3 Å². The fourth-order valence-electron chi connectivity index (χ4n) is 0.972. The maximum atomic E-state index is 10.6. The van der Waals surface area contributed by atoms with E-state index >= 15 is 0 Å². The number of amides is 2. The highest BCUT2D eigenvalue weighted by atomic mass is 16.2. The van der Waals surface area contributed by atoms with Crippen LogP contribution in [-0.4, -0.2) is 12.2 Å². The van der Waals surface area contributed by atoms with Crippen molar-refractivity contribution < 1.29 is 4.79 Å². The molecule has 0 bridgehead atoms. The largest absolute Gasteiger partial charge is 0.330 e. The van der Waals surface area contributed by atoms with Crippen LogP contribution in [-0.2, 0) is 0 Å². The highest BCUT2D eigenvalue weighted by Gasteiger charge is 2.19. The Morgan fingerprint density at radius 1 is 1.60 bits per heavy atom. The fraction of sp³-hybridized carbons (Fsp3) is 0.833. The summed E-state index contributed by atoms with van der Waals surface area (Å²) >= 11 is 0. The van der Waals surface area contributed by atoms with Crippen molar-refractivity contribution in [2.45, 2.75) is 26.4 Å². The summed E-state index contributed by atoms with van der Waals surface area (Å²) in [5.74, 6) is 0.595.